The molecule has 0 atom stereocenters. The largest absolute Gasteiger partial charge is 0.370 e. The molecular formula is C22H24N3O3S+. The van der Waals surface area contributed by atoms with Crippen LogP contribution < -0.4 is 15.5 Å². The number of benzene rings is 2. The molecule has 0 aliphatic carbocycles. The molecule has 3 N–H and O–H groups in total. The van der Waals surface area contributed by atoms with Crippen LogP contribution in [-0.2, 0) is 9.53 Å². The van der Waals surface area contributed by atoms with Crippen molar-refractivity contribution < 1.29 is 19.2 Å². The second-order valence-corrected chi connectivity index (χ2v) is 8.13. The summed E-state index contributed by atoms with van der Waals surface area (Å²) in [7, 11) is 0. The van der Waals surface area contributed by atoms with E-state index in [0.717, 1.165) is 49.0 Å². The topological polar surface area (TPSA) is 71.9 Å². The van der Waals surface area contributed by atoms with Crippen LogP contribution in [0.25, 0.3) is 6.08 Å². The van der Waals surface area contributed by atoms with Crippen LogP contribution in [0.2, 0.25) is 0 Å². The van der Waals surface area contributed by atoms with Crippen molar-refractivity contribution in [1.29, 1.82) is 0 Å². The number of carbonyl (C=O) groups is 2. The lowest BCUT2D eigenvalue weighted by Crippen LogP contribution is -3.14. The van der Waals surface area contributed by atoms with Gasteiger partial charge in [0.2, 0.25) is 0 Å². The number of morpholine rings is 1. The summed E-state index contributed by atoms with van der Waals surface area (Å²) in [5, 5.41) is 5.89. The normalized spacial score (nSPS) is 18.2. The van der Waals surface area contributed by atoms with Gasteiger partial charge in [0.05, 0.1) is 36.9 Å². The fourth-order valence-electron chi connectivity index (χ4n) is 3.35. The van der Waals surface area contributed by atoms with Crippen molar-refractivity contribution in [1.82, 2.24) is 5.32 Å². The first kappa shape index (κ1) is 19.7. The Morgan fingerprint density at radius 3 is 2.69 bits per heavy atom. The summed E-state index contributed by atoms with van der Waals surface area (Å²) in [6.07, 6.45) is 1.85. The maximum absolute atomic E-state index is 12.3. The van der Waals surface area contributed by atoms with Crippen molar-refractivity contribution >= 4 is 35.3 Å². The maximum Gasteiger partial charge on any atom is 0.262 e. The molecule has 7 heteroatoms. The molecule has 150 valence electrons. The Kier molecular flexibility index (Phi) is 6.29. The molecule has 0 radical (unpaired) electrons. The van der Waals surface area contributed by atoms with Crippen molar-refractivity contribution in [3.63, 3.8) is 0 Å². The van der Waals surface area contributed by atoms with E-state index in [2.05, 4.69) is 10.6 Å². The predicted octanol–water partition coefficient (Wildman–Crippen LogP) is 1.42. The highest BCUT2D eigenvalue weighted by atomic mass is 32.2. The lowest BCUT2D eigenvalue weighted by molar-refractivity contribution is -0.906. The van der Waals surface area contributed by atoms with Gasteiger partial charge in [-0.05, 0) is 35.9 Å². The zero-order valence-electron chi connectivity index (χ0n) is 16.1. The fraction of sp³-hybridized carbons (Fsp3) is 0.273. The molecule has 0 saturated carbocycles. The maximum atomic E-state index is 12.3. The van der Waals surface area contributed by atoms with Crippen molar-refractivity contribution in [3.05, 3.63) is 64.6 Å². The van der Waals surface area contributed by atoms with Gasteiger partial charge in [0.15, 0.2) is 0 Å². The molecule has 1 fully saturated rings. The predicted molar refractivity (Wildman–Crippen MR) is 114 cm³/mol. The molecule has 0 spiro atoms. The number of amides is 2. The number of nitrogens with one attached hydrogen (secondary N) is 3. The van der Waals surface area contributed by atoms with E-state index in [4.69, 9.17) is 4.74 Å². The summed E-state index contributed by atoms with van der Waals surface area (Å²) in [5.74, 6) is -0.184. The van der Waals surface area contributed by atoms with Crippen molar-refractivity contribution in [2.24, 2.45) is 0 Å². The van der Waals surface area contributed by atoms with Gasteiger partial charge < -0.3 is 20.3 Å². The number of hydrogen-bond donors (Lipinski definition) is 3. The molecule has 29 heavy (non-hydrogen) atoms. The Hall–Kier alpha value is -2.61. The van der Waals surface area contributed by atoms with Gasteiger partial charge >= 0.3 is 0 Å². The summed E-state index contributed by atoms with van der Waals surface area (Å²) >= 11 is 1.45. The number of anilines is 1. The van der Waals surface area contributed by atoms with Crippen LogP contribution in [0.1, 0.15) is 15.9 Å². The summed E-state index contributed by atoms with van der Waals surface area (Å²) in [6, 6.07) is 15.1. The first-order valence-corrected chi connectivity index (χ1v) is 10.6. The lowest BCUT2D eigenvalue weighted by atomic mass is 10.1. The zero-order chi connectivity index (χ0) is 20.1. The second kappa shape index (κ2) is 9.26. The van der Waals surface area contributed by atoms with E-state index in [-0.39, 0.29) is 11.8 Å². The van der Waals surface area contributed by atoms with E-state index in [1.165, 1.54) is 16.7 Å². The smallest absolute Gasteiger partial charge is 0.262 e. The van der Waals surface area contributed by atoms with E-state index in [1.807, 2.05) is 42.5 Å². The highest BCUT2D eigenvalue weighted by Crippen LogP contribution is 2.38. The number of fused-ring (bicyclic) bond motifs is 1. The van der Waals surface area contributed by atoms with E-state index in [0.29, 0.717) is 17.0 Å². The van der Waals surface area contributed by atoms with Crippen LogP contribution in [-0.4, -0.2) is 51.2 Å². The fourth-order valence-corrected chi connectivity index (χ4v) is 4.30. The molecule has 2 amide bonds. The zero-order valence-corrected chi connectivity index (χ0v) is 16.9. The number of rotatable bonds is 5. The van der Waals surface area contributed by atoms with Gasteiger partial charge in [-0.3, -0.25) is 9.59 Å². The van der Waals surface area contributed by atoms with Crippen LogP contribution in [0, 0.1) is 0 Å². The molecule has 1 saturated heterocycles. The third-order valence-electron chi connectivity index (χ3n) is 5.01. The number of ether oxygens (including phenoxy) is 1. The van der Waals surface area contributed by atoms with Crippen LogP contribution >= 0.6 is 11.8 Å². The molecule has 2 aliphatic rings. The van der Waals surface area contributed by atoms with Crippen molar-refractivity contribution in [2.45, 2.75) is 4.90 Å². The summed E-state index contributed by atoms with van der Waals surface area (Å²) in [5.41, 5.74) is 2.34. The van der Waals surface area contributed by atoms with E-state index < -0.39 is 0 Å². The quantitative estimate of drug-likeness (QED) is 0.652. The molecule has 2 heterocycles. The van der Waals surface area contributed by atoms with Gasteiger partial charge in [-0.25, -0.2) is 0 Å². The van der Waals surface area contributed by atoms with Gasteiger partial charge in [0.1, 0.15) is 13.1 Å². The monoisotopic (exact) mass is 410 g/mol. The average Bonchev–Trinajstić information content (AvgIpc) is 2.75. The second-order valence-electron chi connectivity index (χ2n) is 7.05. The van der Waals surface area contributed by atoms with Gasteiger partial charge in [-0.2, -0.15) is 0 Å². The summed E-state index contributed by atoms with van der Waals surface area (Å²) in [4.78, 5) is 27.8. The highest BCUT2D eigenvalue weighted by molar-refractivity contribution is 8.04. The molecule has 2 aliphatic heterocycles. The van der Waals surface area contributed by atoms with Gasteiger partial charge in [-0.15, -0.1) is 0 Å². The van der Waals surface area contributed by atoms with E-state index in [1.54, 1.807) is 12.1 Å². The van der Waals surface area contributed by atoms with Gasteiger partial charge in [-0.1, -0.05) is 36.0 Å². The van der Waals surface area contributed by atoms with Crippen molar-refractivity contribution in [3.8, 4) is 0 Å². The summed E-state index contributed by atoms with van der Waals surface area (Å²) < 4.78 is 5.35. The minimum absolute atomic E-state index is 0.0735. The molecule has 6 nitrogen and oxygen atoms in total. The molecule has 2 aromatic rings. The first-order chi connectivity index (χ1) is 14.2. The minimum atomic E-state index is -0.110. The highest BCUT2D eigenvalue weighted by Gasteiger charge is 2.20. The number of hydrogen-bond acceptors (Lipinski definition) is 4. The molecule has 0 unspecified atom stereocenters. The number of thioether (sulfide) groups is 1. The first-order valence-electron chi connectivity index (χ1n) is 9.78. The van der Waals surface area contributed by atoms with E-state index in [9.17, 15) is 9.59 Å². The SMILES string of the molecule is O=C1Nc2ccccc2SC1=Cc1ccc(C(=O)NCC[NH+]2CCOCC2)cc1. The number of quaternary nitrogens is 1. The van der Waals surface area contributed by atoms with E-state index >= 15 is 0 Å². The Balaban J connectivity index is 1.34. The molecule has 2 aromatic carbocycles. The van der Waals surface area contributed by atoms with Crippen molar-refractivity contribution in [2.75, 3.05) is 44.7 Å². The Bertz CT molecular complexity index is 921. The summed E-state index contributed by atoms with van der Waals surface area (Å²) in [6.45, 7) is 5.14. The van der Waals surface area contributed by atoms with Crippen LogP contribution in [0.3, 0.4) is 0 Å². The molecular weight excluding hydrogens is 386 g/mol. The lowest BCUT2D eigenvalue weighted by Gasteiger charge is -2.23. The third kappa shape index (κ3) is 5.06. The Morgan fingerprint density at radius 1 is 1.14 bits per heavy atom. The van der Waals surface area contributed by atoms with Crippen LogP contribution in [0.5, 0.6) is 0 Å². The van der Waals surface area contributed by atoms with Crippen LogP contribution in [0.4, 0.5) is 5.69 Å². The molecule has 0 bridgehead atoms. The number of carbonyl (C=O) groups excluding carboxylic acids is 2. The van der Waals surface area contributed by atoms with Gasteiger partial charge in [0.25, 0.3) is 11.8 Å². The Labute approximate surface area is 174 Å². The molecule has 0 aromatic heterocycles. The minimum Gasteiger partial charge on any atom is -0.370 e. The van der Waals surface area contributed by atoms with Gasteiger partial charge in [0, 0.05) is 10.5 Å². The average molecular weight is 411 g/mol. The Morgan fingerprint density at radius 2 is 1.90 bits per heavy atom. The standard InChI is InChI=1S/C22H23N3O3S/c26-21(23-9-10-25-11-13-28-14-12-25)17-7-5-16(6-8-17)15-20-22(27)24-18-3-1-2-4-19(18)29-20/h1-8,15H,9-14H2,(H,23,26)(H,24,27)/p+1. The third-order valence-corrected chi connectivity index (χ3v) is 6.11. The molecule has 4 rings (SSSR count). The number of para-hydroxylation sites is 1. The van der Waals surface area contributed by atoms with Crippen LogP contribution in [0.15, 0.2) is 58.3 Å².